The number of para-hydroxylation sites is 1. The fourth-order valence-electron chi connectivity index (χ4n) is 2.20. The summed E-state index contributed by atoms with van der Waals surface area (Å²) in [4.78, 5) is 16.3. The highest BCUT2D eigenvalue weighted by molar-refractivity contribution is 5.92. The maximum Gasteiger partial charge on any atom is 0.262 e. The average molecular weight is 355 g/mol. The minimum Gasteiger partial charge on any atom is -0.484 e. The zero-order valence-electron chi connectivity index (χ0n) is 14.4. The molecule has 0 atom stereocenters. The highest BCUT2D eigenvalue weighted by atomic mass is 19.1. The lowest BCUT2D eigenvalue weighted by atomic mass is 10.2. The van der Waals surface area contributed by atoms with Gasteiger partial charge in [0, 0.05) is 11.5 Å². The number of ether oxygens (including phenoxy) is 1. The van der Waals surface area contributed by atoms with Crippen LogP contribution in [0.4, 0.5) is 10.1 Å². The molecule has 1 N–H and O–H groups in total. The van der Waals surface area contributed by atoms with Gasteiger partial charge in [0.1, 0.15) is 11.6 Å². The largest absolute Gasteiger partial charge is 0.484 e. The van der Waals surface area contributed by atoms with Crippen molar-refractivity contribution in [1.82, 2.24) is 10.1 Å². The van der Waals surface area contributed by atoms with E-state index in [2.05, 4.69) is 15.5 Å². The highest BCUT2D eigenvalue weighted by Gasteiger charge is 2.12. The Balaban J connectivity index is 1.63. The first kappa shape index (κ1) is 17.6. The van der Waals surface area contributed by atoms with Crippen molar-refractivity contribution < 1.29 is 18.4 Å². The Bertz CT molecular complexity index is 908. The van der Waals surface area contributed by atoms with Crippen LogP contribution in [0.3, 0.4) is 0 Å². The van der Waals surface area contributed by atoms with Crippen molar-refractivity contribution >= 4 is 11.6 Å². The molecule has 0 bridgehead atoms. The molecule has 0 saturated carbocycles. The molecule has 26 heavy (non-hydrogen) atoms. The Morgan fingerprint density at radius 1 is 1.23 bits per heavy atom. The molecule has 0 radical (unpaired) electrons. The summed E-state index contributed by atoms with van der Waals surface area (Å²) >= 11 is 0. The number of rotatable bonds is 6. The summed E-state index contributed by atoms with van der Waals surface area (Å²) in [6, 6.07) is 12.9. The number of benzene rings is 2. The van der Waals surface area contributed by atoms with Gasteiger partial charge in [-0.05, 0) is 30.3 Å². The van der Waals surface area contributed by atoms with E-state index in [-0.39, 0.29) is 18.2 Å². The minimum absolute atomic E-state index is 0.113. The molecule has 0 fully saturated rings. The van der Waals surface area contributed by atoms with Gasteiger partial charge < -0.3 is 14.6 Å². The second kappa shape index (κ2) is 7.77. The molecule has 3 rings (SSSR count). The molecule has 7 heteroatoms. The average Bonchev–Trinajstić information content (AvgIpc) is 3.13. The van der Waals surface area contributed by atoms with Gasteiger partial charge in [-0.25, -0.2) is 4.39 Å². The van der Waals surface area contributed by atoms with E-state index in [0.29, 0.717) is 23.0 Å². The molecule has 0 aliphatic heterocycles. The zero-order chi connectivity index (χ0) is 18.5. The van der Waals surface area contributed by atoms with Crippen molar-refractivity contribution in [3.63, 3.8) is 0 Å². The van der Waals surface area contributed by atoms with Gasteiger partial charge in [0.2, 0.25) is 0 Å². The third-order valence-corrected chi connectivity index (χ3v) is 3.56. The molecule has 1 amide bonds. The maximum absolute atomic E-state index is 13.5. The molecule has 2 aromatic carbocycles. The minimum atomic E-state index is -0.500. The number of carbonyl (C=O) groups excluding carboxylic acids is 1. The van der Waals surface area contributed by atoms with Gasteiger partial charge in [-0.15, -0.1) is 0 Å². The predicted octanol–water partition coefficient (Wildman–Crippen LogP) is 4.02. The Kier molecular flexibility index (Phi) is 5.26. The first-order valence-corrected chi connectivity index (χ1v) is 8.14. The molecule has 0 spiro atoms. The van der Waals surface area contributed by atoms with E-state index < -0.39 is 11.7 Å². The number of nitrogens with one attached hydrogen (secondary N) is 1. The molecule has 1 heterocycles. The summed E-state index contributed by atoms with van der Waals surface area (Å²) in [5, 5.41) is 6.39. The van der Waals surface area contributed by atoms with E-state index in [1.54, 1.807) is 30.3 Å². The molecule has 0 aliphatic carbocycles. The van der Waals surface area contributed by atoms with E-state index >= 15 is 0 Å². The molecule has 1 aromatic heterocycles. The lowest BCUT2D eigenvalue weighted by molar-refractivity contribution is -0.118. The van der Waals surface area contributed by atoms with E-state index in [9.17, 15) is 9.18 Å². The Hall–Kier alpha value is -3.22. The molecular formula is C19H18FN3O3. The van der Waals surface area contributed by atoms with Crippen LogP contribution in [0, 0.1) is 5.82 Å². The van der Waals surface area contributed by atoms with Crippen LogP contribution in [0.5, 0.6) is 5.75 Å². The van der Waals surface area contributed by atoms with Crippen LogP contribution in [-0.4, -0.2) is 22.7 Å². The number of halogens is 1. The quantitative estimate of drug-likeness (QED) is 0.723. The van der Waals surface area contributed by atoms with E-state index in [1.165, 1.54) is 12.1 Å². The molecule has 134 valence electrons. The fourth-order valence-corrected chi connectivity index (χ4v) is 2.20. The van der Waals surface area contributed by atoms with Gasteiger partial charge in [-0.2, -0.15) is 4.98 Å². The summed E-state index contributed by atoms with van der Waals surface area (Å²) in [6.45, 7) is 3.70. The topological polar surface area (TPSA) is 77.2 Å². The van der Waals surface area contributed by atoms with E-state index in [4.69, 9.17) is 9.26 Å². The first-order valence-electron chi connectivity index (χ1n) is 8.14. The number of amides is 1. The third kappa shape index (κ3) is 4.24. The van der Waals surface area contributed by atoms with Gasteiger partial charge >= 0.3 is 0 Å². The Morgan fingerprint density at radius 2 is 2.04 bits per heavy atom. The fraction of sp³-hybridized carbons (Fsp3) is 0.211. The highest BCUT2D eigenvalue weighted by Crippen LogP contribution is 2.24. The predicted molar refractivity (Wildman–Crippen MR) is 94.3 cm³/mol. The van der Waals surface area contributed by atoms with Crippen LogP contribution < -0.4 is 10.1 Å². The maximum atomic E-state index is 13.5. The smallest absolute Gasteiger partial charge is 0.262 e. The molecule has 3 aromatic rings. The number of anilines is 1. The van der Waals surface area contributed by atoms with Gasteiger partial charge in [0.15, 0.2) is 12.4 Å². The number of aromatic nitrogens is 2. The van der Waals surface area contributed by atoms with Crippen molar-refractivity contribution in [2.24, 2.45) is 0 Å². The van der Waals surface area contributed by atoms with Crippen LogP contribution in [0.1, 0.15) is 25.6 Å². The lowest BCUT2D eigenvalue weighted by Crippen LogP contribution is -2.20. The van der Waals surface area contributed by atoms with Crippen molar-refractivity contribution in [1.29, 1.82) is 0 Å². The number of carbonyl (C=O) groups is 1. The first-order chi connectivity index (χ1) is 12.5. The van der Waals surface area contributed by atoms with Crippen LogP contribution in [-0.2, 0) is 4.79 Å². The molecule has 6 nitrogen and oxygen atoms in total. The van der Waals surface area contributed by atoms with E-state index in [0.717, 1.165) is 0 Å². The van der Waals surface area contributed by atoms with Crippen molar-refractivity contribution in [3.8, 4) is 17.2 Å². The SMILES string of the molecule is CC(C)c1noc(-c2cccc(OCC(=O)Nc3ccccc3F)c2)n1. The van der Waals surface area contributed by atoms with Crippen LogP contribution in [0.25, 0.3) is 11.5 Å². The standard InChI is InChI=1S/C19H18FN3O3/c1-12(2)18-22-19(26-23-18)13-6-5-7-14(10-13)25-11-17(24)21-16-9-4-3-8-15(16)20/h3-10,12H,11H2,1-2H3,(H,21,24). The summed E-state index contributed by atoms with van der Waals surface area (Å²) in [7, 11) is 0. The Labute approximate surface area is 150 Å². The van der Waals surface area contributed by atoms with Gasteiger partial charge in [-0.3, -0.25) is 4.79 Å². The zero-order valence-corrected chi connectivity index (χ0v) is 14.4. The van der Waals surface area contributed by atoms with Crippen LogP contribution >= 0.6 is 0 Å². The molecule has 0 aliphatic rings. The van der Waals surface area contributed by atoms with Crippen LogP contribution in [0.2, 0.25) is 0 Å². The summed E-state index contributed by atoms with van der Waals surface area (Å²) in [5.41, 5.74) is 0.804. The summed E-state index contributed by atoms with van der Waals surface area (Å²) in [5.74, 6) is 0.677. The van der Waals surface area contributed by atoms with Crippen LogP contribution in [0.15, 0.2) is 53.1 Å². The van der Waals surface area contributed by atoms with Gasteiger partial charge in [0.25, 0.3) is 11.8 Å². The number of hydrogen-bond donors (Lipinski definition) is 1. The third-order valence-electron chi connectivity index (χ3n) is 3.56. The number of hydrogen-bond acceptors (Lipinski definition) is 5. The second-order valence-corrected chi connectivity index (χ2v) is 5.96. The molecule has 0 unspecified atom stereocenters. The molecule has 0 saturated heterocycles. The van der Waals surface area contributed by atoms with Crippen molar-refractivity contribution in [2.45, 2.75) is 19.8 Å². The van der Waals surface area contributed by atoms with Crippen molar-refractivity contribution in [2.75, 3.05) is 11.9 Å². The Morgan fingerprint density at radius 3 is 2.77 bits per heavy atom. The van der Waals surface area contributed by atoms with Gasteiger partial charge in [-0.1, -0.05) is 37.2 Å². The molecular weight excluding hydrogens is 337 g/mol. The number of nitrogens with zero attached hydrogens (tertiary/aromatic N) is 2. The lowest BCUT2D eigenvalue weighted by Gasteiger charge is -2.08. The summed E-state index contributed by atoms with van der Waals surface area (Å²) < 4.78 is 24.3. The normalized spacial score (nSPS) is 10.8. The van der Waals surface area contributed by atoms with Gasteiger partial charge in [0.05, 0.1) is 5.69 Å². The van der Waals surface area contributed by atoms with Crippen molar-refractivity contribution in [3.05, 3.63) is 60.2 Å². The monoisotopic (exact) mass is 355 g/mol. The second-order valence-electron chi connectivity index (χ2n) is 5.96. The van der Waals surface area contributed by atoms with E-state index in [1.807, 2.05) is 19.9 Å². The summed E-state index contributed by atoms with van der Waals surface area (Å²) in [6.07, 6.45) is 0.